The van der Waals surface area contributed by atoms with Crippen LogP contribution in [0, 0.1) is 0 Å². The van der Waals surface area contributed by atoms with Crippen LogP contribution in [0.2, 0.25) is 0 Å². The molecule has 0 aliphatic rings. The molecule has 0 saturated heterocycles. The molecule has 2 aromatic rings. The van der Waals surface area contributed by atoms with Crippen molar-refractivity contribution in [2.45, 2.75) is 19.8 Å². The maximum absolute atomic E-state index is 10.9. The van der Waals surface area contributed by atoms with Gasteiger partial charge in [0.05, 0.1) is 11.4 Å². The Kier molecular flexibility index (Phi) is 4.41. The lowest BCUT2D eigenvalue weighted by atomic mass is 10.0. The zero-order valence-electron chi connectivity index (χ0n) is 12.2. The summed E-state index contributed by atoms with van der Waals surface area (Å²) in [6.07, 6.45) is 0. The van der Waals surface area contributed by atoms with Gasteiger partial charge in [-0.05, 0) is 47.9 Å². The number of nitrogens with zero attached hydrogens (tertiary/aromatic N) is 2. The molecule has 0 fully saturated rings. The van der Waals surface area contributed by atoms with Crippen molar-refractivity contribution in [1.82, 2.24) is 0 Å². The normalized spacial score (nSPS) is 11.2. The minimum Gasteiger partial charge on any atom is -0.508 e. The standard InChI is InChI=1S/C16H16N2O4/c1-9(2)12-7-10(3-5-14(12)19)17-18-11-4-6-15(20)13(8-11)16(21)22/h3-9,19-20H,1-2H3,(H,21,22). The van der Waals surface area contributed by atoms with Crippen molar-refractivity contribution in [2.24, 2.45) is 10.2 Å². The molecule has 0 atom stereocenters. The molecule has 0 aliphatic heterocycles. The van der Waals surface area contributed by atoms with Gasteiger partial charge in [0.1, 0.15) is 17.1 Å². The van der Waals surface area contributed by atoms with Crippen LogP contribution in [0.3, 0.4) is 0 Å². The molecule has 0 heterocycles. The monoisotopic (exact) mass is 300 g/mol. The fourth-order valence-corrected chi connectivity index (χ4v) is 1.94. The molecule has 0 amide bonds. The van der Waals surface area contributed by atoms with Crippen LogP contribution in [0.4, 0.5) is 11.4 Å². The molecule has 0 saturated carbocycles. The molecule has 0 aliphatic carbocycles. The fourth-order valence-electron chi connectivity index (χ4n) is 1.94. The van der Waals surface area contributed by atoms with E-state index in [9.17, 15) is 15.0 Å². The molecule has 0 spiro atoms. The Hall–Kier alpha value is -2.89. The number of carbonyl (C=O) groups is 1. The highest BCUT2D eigenvalue weighted by Crippen LogP contribution is 2.31. The average molecular weight is 300 g/mol. The van der Waals surface area contributed by atoms with Crippen LogP contribution in [-0.4, -0.2) is 21.3 Å². The van der Waals surface area contributed by atoms with Gasteiger partial charge in [0.15, 0.2) is 0 Å². The Balaban J connectivity index is 2.31. The Morgan fingerprint density at radius 3 is 2.05 bits per heavy atom. The lowest BCUT2D eigenvalue weighted by molar-refractivity contribution is 0.0694. The lowest BCUT2D eigenvalue weighted by Crippen LogP contribution is -1.95. The molecular weight excluding hydrogens is 284 g/mol. The average Bonchev–Trinajstić information content (AvgIpc) is 2.47. The first-order valence-electron chi connectivity index (χ1n) is 6.69. The van der Waals surface area contributed by atoms with Gasteiger partial charge in [-0.2, -0.15) is 10.2 Å². The molecule has 6 heteroatoms. The number of benzene rings is 2. The van der Waals surface area contributed by atoms with Crippen molar-refractivity contribution >= 4 is 17.3 Å². The number of aromatic carboxylic acids is 1. The minimum atomic E-state index is -1.23. The number of phenolic OH excluding ortho intramolecular Hbond substituents is 1. The third-order valence-electron chi connectivity index (χ3n) is 3.12. The van der Waals surface area contributed by atoms with Gasteiger partial charge in [0.2, 0.25) is 0 Å². The number of azo groups is 1. The van der Waals surface area contributed by atoms with Gasteiger partial charge in [0.25, 0.3) is 0 Å². The lowest BCUT2D eigenvalue weighted by Gasteiger charge is -2.08. The third-order valence-corrected chi connectivity index (χ3v) is 3.12. The highest BCUT2D eigenvalue weighted by atomic mass is 16.4. The molecule has 6 nitrogen and oxygen atoms in total. The summed E-state index contributed by atoms with van der Waals surface area (Å²) in [5.74, 6) is -1.21. The van der Waals surface area contributed by atoms with Crippen LogP contribution in [0.25, 0.3) is 0 Å². The van der Waals surface area contributed by atoms with E-state index in [4.69, 9.17) is 5.11 Å². The van der Waals surface area contributed by atoms with E-state index in [2.05, 4.69) is 10.2 Å². The zero-order chi connectivity index (χ0) is 16.3. The van der Waals surface area contributed by atoms with E-state index in [1.807, 2.05) is 13.8 Å². The first-order valence-corrected chi connectivity index (χ1v) is 6.69. The predicted octanol–water partition coefficient (Wildman–Crippen LogP) is 4.33. The Morgan fingerprint density at radius 2 is 1.50 bits per heavy atom. The second kappa shape index (κ2) is 6.26. The van der Waals surface area contributed by atoms with Crippen LogP contribution >= 0.6 is 0 Å². The number of hydrogen-bond acceptors (Lipinski definition) is 5. The number of hydrogen-bond donors (Lipinski definition) is 3. The Morgan fingerprint density at radius 1 is 0.955 bits per heavy atom. The van der Waals surface area contributed by atoms with Gasteiger partial charge in [-0.1, -0.05) is 13.8 Å². The first-order chi connectivity index (χ1) is 10.4. The van der Waals surface area contributed by atoms with Gasteiger partial charge in [-0.25, -0.2) is 4.79 Å². The summed E-state index contributed by atoms with van der Waals surface area (Å²) in [6, 6.07) is 8.85. The van der Waals surface area contributed by atoms with Crippen molar-refractivity contribution < 1.29 is 20.1 Å². The highest BCUT2D eigenvalue weighted by molar-refractivity contribution is 5.91. The smallest absolute Gasteiger partial charge is 0.339 e. The predicted molar refractivity (Wildman–Crippen MR) is 81.4 cm³/mol. The van der Waals surface area contributed by atoms with Crippen LogP contribution < -0.4 is 0 Å². The van der Waals surface area contributed by atoms with E-state index >= 15 is 0 Å². The van der Waals surface area contributed by atoms with Crippen LogP contribution in [0.1, 0.15) is 35.7 Å². The van der Waals surface area contributed by atoms with E-state index in [1.54, 1.807) is 18.2 Å². The summed E-state index contributed by atoms with van der Waals surface area (Å²) in [4.78, 5) is 10.9. The molecule has 3 N–H and O–H groups in total. The van der Waals surface area contributed by atoms with E-state index in [-0.39, 0.29) is 23.0 Å². The minimum absolute atomic E-state index is 0.141. The Bertz CT molecular complexity index is 739. The molecule has 0 unspecified atom stereocenters. The summed E-state index contributed by atoms with van der Waals surface area (Å²) < 4.78 is 0. The van der Waals surface area contributed by atoms with Gasteiger partial charge >= 0.3 is 5.97 Å². The molecule has 114 valence electrons. The molecule has 2 aromatic carbocycles. The van der Waals surface area contributed by atoms with Crippen LogP contribution in [-0.2, 0) is 0 Å². The van der Waals surface area contributed by atoms with E-state index in [0.717, 1.165) is 5.56 Å². The summed E-state index contributed by atoms with van der Waals surface area (Å²) >= 11 is 0. The SMILES string of the molecule is CC(C)c1cc(N=Nc2ccc(O)c(C(=O)O)c2)ccc1O. The number of rotatable bonds is 4. The maximum Gasteiger partial charge on any atom is 0.339 e. The molecule has 0 aromatic heterocycles. The second-order valence-corrected chi connectivity index (χ2v) is 5.10. The van der Waals surface area contributed by atoms with Gasteiger partial charge in [0, 0.05) is 0 Å². The van der Waals surface area contributed by atoms with Crippen molar-refractivity contribution in [1.29, 1.82) is 0 Å². The van der Waals surface area contributed by atoms with Gasteiger partial charge in [-0.15, -0.1) is 0 Å². The molecule has 0 radical (unpaired) electrons. The van der Waals surface area contributed by atoms with Crippen molar-refractivity contribution in [3.63, 3.8) is 0 Å². The van der Waals surface area contributed by atoms with E-state index in [1.165, 1.54) is 18.2 Å². The summed E-state index contributed by atoms with van der Waals surface area (Å²) in [7, 11) is 0. The number of carboxylic acid groups (broad SMARTS) is 1. The maximum atomic E-state index is 10.9. The second-order valence-electron chi connectivity index (χ2n) is 5.10. The van der Waals surface area contributed by atoms with Gasteiger partial charge in [-0.3, -0.25) is 0 Å². The van der Waals surface area contributed by atoms with Crippen molar-refractivity contribution in [3.8, 4) is 11.5 Å². The number of aromatic hydroxyl groups is 2. The Labute approximate surface area is 127 Å². The summed E-state index contributed by atoms with van der Waals surface area (Å²) in [6.45, 7) is 3.91. The molecule has 22 heavy (non-hydrogen) atoms. The van der Waals surface area contributed by atoms with Crippen molar-refractivity contribution in [3.05, 3.63) is 47.5 Å². The van der Waals surface area contributed by atoms with E-state index in [0.29, 0.717) is 11.4 Å². The number of carboxylic acids is 1. The van der Waals surface area contributed by atoms with E-state index < -0.39 is 5.97 Å². The number of phenols is 2. The highest BCUT2D eigenvalue weighted by Gasteiger charge is 2.10. The third kappa shape index (κ3) is 3.41. The molecular formula is C16H16N2O4. The first kappa shape index (κ1) is 15.5. The fraction of sp³-hybridized carbons (Fsp3) is 0.188. The van der Waals surface area contributed by atoms with Crippen LogP contribution in [0.5, 0.6) is 11.5 Å². The quantitative estimate of drug-likeness (QED) is 0.731. The largest absolute Gasteiger partial charge is 0.508 e. The van der Waals surface area contributed by atoms with Crippen LogP contribution in [0.15, 0.2) is 46.6 Å². The molecule has 0 bridgehead atoms. The summed E-state index contributed by atoms with van der Waals surface area (Å²) in [5.41, 5.74) is 1.39. The molecule has 2 rings (SSSR count). The van der Waals surface area contributed by atoms with Gasteiger partial charge < -0.3 is 15.3 Å². The topological polar surface area (TPSA) is 102 Å². The van der Waals surface area contributed by atoms with Crippen molar-refractivity contribution in [2.75, 3.05) is 0 Å². The summed E-state index contributed by atoms with van der Waals surface area (Å²) in [5, 5.41) is 36.1. The zero-order valence-corrected chi connectivity index (χ0v) is 12.2.